The fourth-order valence-electron chi connectivity index (χ4n) is 1.79. The van der Waals surface area contributed by atoms with Gasteiger partial charge >= 0.3 is 5.97 Å². The van der Waals surface area contributed by atoms with Crippen LogP contribution in [0.15, 0.2) is 22.8 Å². The molecule has 1 unspecified atom stereocenters. The van der Waals surface area contributed by atoms with Crippen molar-refractivity contribution < 1.29 is 14.3 Å². The molecule has 90 valence electrons. The second-order valence-corrected chi connectivity index (χ2v) is 4.68. The number of halogens is 1. The lowest BCUT2D eigenvalue weighted by molar-refractivity contribution is -0.145. The van der Waals surface area contributed by atoms with Crippen LogP contribution in [0, 0.1) is 5.92 Å². The number of pyridine rings is 1. The summed E-state index contributed by atoms with van der Waals surface area (Å²) in [5, 5.41) is 0. The lowest BCUT2D eigenvalue weighted by atomic mass is 10.1. The van der Waals surface area contributed by atoms with Crippen LogP contribution < -0.4 is 4.90 Å². The van der Waals surface area contributed by atoms with Gasteiger partial charge in [-0.25, -0.2) is 4.98 Å². The average Bonchev–Trinajstić information content (AvgIpc) is 2.70. The van der Waals surface area contributed by atoms with Gasteiger partial charge in [0.15, 0.2) is 0 Å². The van der Waals surface area contributed by atoms with Crippen LogP contribution >= 0.6 is 15.9 Å². The van der Waals surface area contributed by atoms with E-state index < -0.39 is 5.92 Å². The Morgan fingerprint density at radius 1 is 1.65 bits per heavy atom. The van der Waals surface area contributed by atoms with Crippen molar-refractivity contribution in [2.24, 2.45) is 5.92 Å². The van der Waals surface area contributed by atoms with E-state index in [0.29, 0.717) is 12.4 Å². The normalized spacial score (nSPS) is 19.5. The number of amides is 1. The van der Waals surface area contributed by atoms with E-state index in [4.69, 9.17) is 0 Å². The van der Waals surface area contributed by atoms with Crippen molar-refractivity contribution in [1.82, 2.24) is 4.98 Å². The lowest BCUT2D eigenvalue weighted by Crippen LogP contribution is -2.26. The summed E-state index contributed by atoms with van der Waals surface area (Å²) in [5.41, 5.74) is 0. The Hall–Kier alpha value is -1.43. The second kappa shape index (κ2) is 4.83. The standard InChI is InChI=1S/C11H11BrN2O3/c1-17-11(16)7-4-10(15)14(6-7)9-5-8(12)2-3-13-9/h2-3,5,7H,4,6H2,1H3. The Labute approximate surface area is 107 Å². The van der Waals surface area contributed by atoms with E-state index in [1.54, 1.807) is 18.3 Å². The SMILES string of the molecule is COC(=O)C1CC(=O)N(c2cc(Br)ccn2)C1. The van der Waals surface area contributed by atoms with Gasteiger partial charge in [0.05, 0.1) is 13.0 Å². The third kappa shape index (κ3) is 2.46. The molecule has 1 aliphatic rings. The summed E-state index contributed by atoms with van der Waals surface area (Å²) < 4.78 is 5.49. The molecular formula is C11H11BrN2O3. The Kier molecular flexibility index (Phi) is 3.42. The van der Waals surface area contributed by atoms with E-state index in [1.807, 2.05) is 0 Å². The lowest BCUT2D eigenvalue weighted by Gasteiger charge is -2.15. The van der Waals surface area contributed by atoms with Gasteiger partial charge in [0.2, 0.25) is 5.91 Å². The van der Waals surface area contributed by atoms with E-state index in [2.05, 4.69) is 25.7 Å². The van der Waals surface area contributed by atoms with Gasteiger partial charge < -0.3 is 4.74 Å². The Morgan fingerprint density at radius 2 is 2.41 bits per heavy atom. The number of carbonyl (C=O) groups excluding carboxylic acids is 2. The second-order valence-electron chi connectivity index (χ2n) is 3.76. The van der Waals surface area contributed by atoms with Gasteiger partial charge in [-0.2, -0.15) is 0 Å². The molecule has 1 amide bonds. The van der Waals surface area contributed by atoms with Gasteiger partial charge in [0.25, 0.3) is 0 Å². The number of esters is 1. The van der Waals surface area contributed by atoms with Crippen LogP contribution in [0.25, 0.3) is 0 Å². The summed E-state index contributed by atoms with van der Waals surface area (Å²) in [6, 6.07) is 3.53. The molecule has 0 N–H and O–H groups in total. The van der Waals surface area contributed by atoms with Gasteiger partial charge in [0, 0.05) is 23.6 Å². The number of aromatic nitrogens is 1. The molecule has 0 saturated carbocycles. The first-order valence-corrected chi connectivity index (χ1v) is 5.91. The van der Waals surface area contributed by atoms with Crippen LogP contribution in [-0.2, 0) is 14.3 Å². The molecule has 0 spiro atoms. The Morgan fingerprint density at radius 3 is 3.06 bits per heavy atom. The van der Waals surface area contributed by atoms with Crippen molar-refractivity contribution >= 4 is 33.6 Å². The average molecular weight is 299 g/mol. The minimum absolute atomic E-state index is 0.106. The summed E-state index contributed by atoms with van der Waals surface area (Å²) in [5.74, 6) is -0.300. The minimum Gasteiger partial charge on any atom is -0.469 e. The van der Waals surface area contributed by atoms with Crippen LogP contribution in [0.4, 0.5) is 5.82 Å². The minimum atomic E-state index is -0.395. The highest BCUT2D eigenvalue weighted by atomic mass is 79.9. The number of ether oxygens (including phenoxy) is 1. The molecule has 2 heterocycles. The van der Waals surface area contributed by atoms with Gasteiger partial charge in [-0.05, 0) is 12.1 Å². The molecule has 0 bridgehead atoms. The van der Waals surface area contributed by atoms with Crippen LogP contribution in [-0.4, -0.2) is 30.5 Å². The third-order valence-electron chi connectivity index (χ3n) is 2.64. The predicted molar refractivity (Wildman–Crippen MR) is 64.4 cm³/mol. The van der Waals surface area contributed by atoms with Crippen molar-refractivity contribution in [2.45, 2.75) is 6.42 Å². The first-order valence-electron chi connectivity index (χ1n) is 5.11. The molecule has 1 saturated heterocycles. The summed E-state index contributed by atoms with van der Waals surface area (Å²) in [6.45, 7) is 0.328. The van der Waals surface area contributed by atoms with Gasteiger partial charge in [-0.1, -0.05) is 15.9 Å². The van der Waals surface area contributed by atoms with E-state index in [0.717, 1.165) is 4.47 Å². The first kappa shape index (κ1) is 12.0. The quantitative estimate of drug-likeness (QED) is 0.774. The fourth-order valence-corrected chi connectivity index (χ4v) is 2.12. The summed E-state index contributed by atoms with van der Waals surface area (Å²) >= 11 is 3.32. The molecule has 1 fully saturated rings. The Balaban J connectivity index is 2.18. The molecular weight excluding hydrogens is 288 g/mol. The predicted octanol–water partition coefficient (Wildman–Crippen LogP) is 1.37. The molecule has 1 aromatic rings. The number of nitrogens with zero attached hydrogens (tertiary/aromatic N) is 2. The molecule has 1 aliphatic heterocycles. The zero-order chi connectivity index (χ0) is 12.4. The largest absolute Gasteiger partial charge is 0.469 e. The van der Waals surface area contributed by atoms with Crippen LogP contribution in [0.1, 0.15) is 6.42 Å². The molecule has 1 atom stereocenters. The van der Waals surface area contributed by atoms with Crippen molar-refractivity contribution in [3.63, 3.8) is 0 Å². The van der Waals surface area contributed by atoms with Crippen molar-refractivity contribution in [1.29, 1.82) is 0 Å². The summed E-state index contributed by atoms with van der Waals surface area (Å²) in [7, 11) is 1.33. The van der Waals surface area contributed by atoms with Crippen LogP contribution in [0.5, 0.6) is 0 Å². The van der Waals surface area contributed by atoms with Crippen LogP contribution in [0.2, 0.25) is 0 Å². The highest BCUT2D eigenvalue weighted by molar-refractivity contribution is 9.10. The third-order valence-corrected chi connectivity index (χ3v) is 3.14. The van der Waals surface area contributed by atoms with Crippen molar-refractivity contribution in [2.75, 3.05) is 18.6 Å². The van der Waals surface area contributed by atoms with E-state index >= 15 is 0 Å². The zero-order valence-electron chi connectivity index (χ0n) is 9.22. The monoisotopic (exact) mass is 298 g/mol. The highest BCUT2D eigenvalue weighted by Gasteiger charge is 2.36. The van der Waals surface area contributed by atoms with Gasteiger partial charge in [-0.15, -0.1) is 0 Å². The number of carbonyl (C=O) groups is 2. The molecule has 0 aliphatic carbocycles. The number of hydrogen-bond acceptors (Lipinski definition) is 4. The Bertz CT molecular complexity index is 464. The topological polar surface area (TPSA) is 59.5 Å². The van der Waals surface area contributed by atoms with E-state index in [9.17, 15) is 9.59 Å². The maximum Gasteiger partial charge on any atom is 0.311 e. The van der Waals surface area contributed by atoms with Crippen molar-refractivity contribution in [3.8, 4) is 0 Å². The maximum absolute atomic E-state index is 11.8. The molecule has 2 rings (SSSR count). The molecule has 17 heavy (non-hydrogen) atoms. The molecule has 5 nitrogen and oxygen atoms in total. The number of methoxy groups -OCH3 is 1. The maximum atomic E-state index is 11.8. The smallest absolute Gasteiger partial charge is 0.311 e. The zero-order valence-corrected chi connectivity index (χ0v) is 10.8. The fraction of sp³-hybridized carbons (Fsp3) is 0.364. The van der Waals surface area contributed by atoms with Gasteiger partial charge in [0.1, 0.15) is 5.82 Å². The highest BCUT2D eigenvalue weighted by Crippen LogP contribution is 2.25. The number of anilines is 1. The molecule has 0 aromatic carbocycles. The first-order chi connectivity index (χ1) is 8.11. The molecule has 6 heteroatoms. The van der Waals surface area contributed by atoms with Gasteiger partial charge in [-0.3, -0.25) is 14.5 Å². The summed E-state index contributed by atoms with van der Waals surface area (Å²) in [6.07, 6.45) is 1.79. The van der Waals surface area contributed by atoms with E-state index in [1.165, 1.54) is 12.0 Å². The molecule has 1 aromatic heterocycles. The van der Waals surface area contributed by atoms with Crippen LogP contribution in [0.3, 0.4) is 0 Å². The van der Waals surface area contributed by atoms with E-state index in [-0.39, 0.29) is 18.3 Å². The number of rotatable bonds is 2. The molecule has 0 radical (unpaired) electrons. The van der Waals surface area contributed by atoms with Crippen molar-refractivity contribution in [3.05, 3.63) is 22.8 Å². The summed E-state index contributed by atoms with van der Waals surface area (Å²) in [4.78, 5) is 28.8. The number of hydrogen-bond donors (Lipinski definition) is 0.